The summed E-state index contributed by atoms with van der Waals surface area (Å²) in [7, 11) is 7.55. The quantitative estimate of drug-likeness (QED) is 0.226. The highest BCUT2D eigenvalue weighted by atomic mass is 32.1. The highest BCUT2D eigenvalue weighted by Gasteiger charge is 2.31. The molecule has 2 N–H and O–H groups in total. The van der Waals surface area contributed by atoms with Crippen molar-refractivity contribution in [3.8, 4) is 0 Å². The first kappa shape index (κ1) is 34.0. The molecule has 0 aliphatic heterocycles. The van der Waals surface area contributed by atoms with E-state index in [0.717, 1.165) is 18.4 Å². The van der Waals surface area contributed by atoms with E-state index in [-0.39, 0.29) is 30.0 Å². The van der Waals surface area contributed by atoms with Crippen LogP contribution in [0, 0.1) is 11.8 Å². The van der Waals surface area contributed by atoms with Gasteiger partial charge in [-0.1, -0.05) is 63.8 Å². The molecule has 11 heteroatoms. The third kappa shape index (κ3) is 10.9. The van der Waals surface area contributed by atoms with Crippen molar-refractivity contribution in [1.29, 1.82) is 0 Å². The van der Waals surface area contributed by atoms with E-state index in [1.54, 1.807) is 36.4 Å². The number of aliphatic carboxylic acids is 1. The average molecular weight is 584 g/mol. The summed E-state index contributed by atoms with van der Waals surface area (Å²) in [6, 6.07) is 6.55. The highest BCUT2D eigenvalue weighted by molar-refractivity contribution is 7.09. The number of nitrogens with one attached hydrogen (secondary N) is 1. The molecule has 0 saturated heterocycles. The van der Waals surface area contributed by atoms with Crippen LogP contribution in [0.2, 0.25) is 0 Å². The highest BCUT2D eigenvalue weighted by Crippen LogP contribution is 2.30. The van der Waals surface area contributed by atoms with Gasteiger partial charge in [0.25, 0.3) is 5.91 Å². The van der Waals surface area contributed by atoms with Gasteiger partial charge in [0.15, 0.2) is 6.10 Å². The van der Waals surface area contributed by atoms with Gasteiger partial charge in [0.05, 0.1) is 5.92 Å². The van der Waals surface area contributed by atoms with Gasteiger partial charge in [-0.15, -0.1) is 11.3 Å². The number of benzene rings is 1. The van der Waals surface area contributed by atoms with Crippen LogP contribution in [0.15, 0.2) is 29.6 Å². The topological polar surface area (TPSA) is 126 Å². The molecule has 9 nitrogen and oxygen atoms in total. The van der Waals surface area contributed by atoms with Gasteiger partial charge >= 0.3 is 11.9 Å². The second-order valence-corrected chi connectivity index (χ2v) is 11.8. The Hall–Kier alpha value is -3.21. The first-order chi connectivity index (χ1) is 19.3. The molecule has 2 unspecified atom stereocenters. The molecule has 41 heavy (non-hydrogen) atoms. The Bertz CT molecular complexity index is 1170. The van der Waals surface area contributed by atoms with Gasteiger partial charge in [-0.2, -0.15) is 0 Å². The number of carboxylic acids is 1. The third-order valence-corrected chi connectivity index (χ3v) is 7.99. The summed E-state index contributed by atoms with van der Waals surface area (Å²) in [5.74, 6) is -2.41. The summed E-state index contributed by atoms with van der Waals surface area (Å²) < 4.78 is 5.63. The number of ether oxygens (including phenoxy) is 1. The van der Waals surface area contributed by atoms with Crippen LogP contribution in [0.3, 0.4) is 0 Å². The van der Waals surface area contributed by atoms with Crippen molar-refractivity contribution in [1.82, 2.24) is 15.2 Å². The molecule has 0 saturated carbocycles. The number of nitrogens with zero attached hydrogens (tertiary/aromatic N) is 2. The minimum atomic E-state index is -0.945. The van der Waals surface area contributed by atoms with Gasteiger partial charge in [0.2, 0.25) is 5.91 Å². The van der Waals surface area contributed by atoms with Crippen molar-refractivity contribution in [3.05, 3.63) is 45.9 Å². The predicted molar refractivity (Wildman–Crippen MR) is 160 cm³/mol. The molecule has 0 fully saturated rings. The number of esters is 1. The molecule has 0 spiro atoms. The van der Waals surface area contributed by atoms with Crippen molar-refractivity contribution < 1.29 is 29.0 Å². The number of rotatable bonds is 16. The molecule has 2 radical (unpaired) electrons. The van der Waals surface area contributed by atoms with E-state index in [1.165, 1.54) is 18.3 Å². The number of carbonyl (C=O) groups excluding carboxylic acids is 3. The minimum absolute atomic E-state index is 0.0362. The zero-order valence-corrected chi connectivity index (χ0v) is 25.7. The van der Waals surface area contributed by atoms with Crippen molar-refractivity contribution in [3.63, 3.8) is 0 Å². The van der Waals surface area contributed by atoms with Gasteiger partial charge in [0, 0.05) is 44.3 Å². The Morgan fingerprint density at radius 1 is 1.12 bits per heavy atom. The largest absolute Gasteiger partial charge is 0.481 e. The molecular weight excluding hydrogens is 541 g/mol. The SMILES string of the molecule is [B]c1ccc(C[C@@H](C[C@H](C)C(=O)O)NC(=O)c2csc(C(CC(C(C)C)N(C)C(=O)CCCC)OC(C)=O)n2)cc1. The van der Waals surface area contributed by atoms with Crippen LogP contribution in [0.4, 0.5) is 0 Å². The molecule has 2 aromatic rings. The summed E-state index contributed by atoms with van der Waals surface area (Å²) in [6.07, 6.45) is 2.44. The second-order valence-electron chi connectivity index (χ2n) is 10.9. The Kier molecular flexibility index (Phi) is 13.5. The lowest BCUT2D eigenvalue weighted by Crippen LogP contribution is -2.41. The van der Waals surface area contributed by atoms with E-state index >= 15 is 0 Å². The lowest BCUT2D eigenvalue weighted by molar-refractivity contribution is -0.148. The van der Waals surface area contributed by atoms with E-state index in [4.69, 9.17) is 12.6 Å². The molecule has 2 amide bonds. The van der Waals surface area contributed by atoms with Crippen LogP contribution < -0.4 is 10.8 Å². The number of carboxylic acid groups (broad SMARTS) is 1. The van der Waals surface area contributed by atoms with E-state index in [9.17, 15) is 24.3 Å². The summed E-state index contributed by atoms with van der Waals surface area (Å²) in [5.41, 5.74) is 1.68. The van der Waals surface area contributed by atoms with Gasteiger partial charge in [-0.3, -0.25) is 19.2 Å². The van der Waals surface area contributed by atoms with Crippen LogP contribution in [-0.2, 0) is 25.5 Å². The van der Waals surface area contributed by atoms with Crippen LogP contribution in [-0.4, -0.2) is 65.7 Å². The fourth-order valence-electron chi connectivity index (χ4n) is 4.64. The first-order valence-corrected chi connectivity index (χ1v) is 15.0. The van der Waals surface area contributed by atoms with Crippen molar-refractivity contribution in [2.45, 2.75) is 91.3 Å². The molecule has 0 aliphatic carbocycles. The average Bonchev–Trinajstić information content (AvgIpc) is 3.40. The van der Waals surface area contributed by atoms with E-state index in [2.05, 4.69) is 10.3 Å². The monoisotopic (exact) mass is 583 g/mol. The van der Waals surface area contributed by atoms with Crippen LogP contribution >= 0.6 is 11.3 Å². The number of amides is 2. The number of thiazole rings is 1. The second kappa shape index (κ2) is 16.3. The van der Waals surface area contributed by atoms with E-state index in [0.29, 0.717) is 29.7 Å². The smallest absolute Gasteiger partial charge is 0.306 e. The fourth-order valence-corrected chi connectivity index (χ4v) is 5.48. The number of hydrogen-bond donors (Lipinski definition) is 2. The Morgan fingerprint density at radius 3 is 2.34 bits per heavy atom. The molecule has 222 valence electrons. The lowest BCUT2D eigenvalue weighted by Gasteiger charge is -2.33. The number of unbranched alkanes of at least 4 members (excludes halogenated alkanes) is 1. The number of hydrogen-bond acceptors (Lipinski definition) is 7. The Balaban J connectivity index is 2.24. The predicted octanol–water partition coefficient (Wildman–Crippen LogP) is 4.06. The molecule has 1 aromatic carbocycles. The molecule has 2 rings (SSSR count). The van der Waals surface area contributed by atoms with Crippen LogP contribution in [0.1, 0.15) is 93.9 Å². The van der Waals surface area contributed by atoms with E-state index < -0.39 is 35.9 Å². The normalized spacial score (nSPS) is 14.1. The molecule has 1 aromatic heterocycles. The van der Waals surface area contributed by atoms with Crippen molar-refractivity contribution in [2.24, 2.45) is 11.8 Å². The number of carbonyl (C=O) groups is 4. The maximum atomic E-state index is 13.2. The van der Waals surface area contributed by atoms with Crippen molar-refractivity contribution >= 4 is 48.4 Å². The summed E-state index contributed by atoms with van der Waals surface area (Å²) >= 11 is 1.21. The van der Waals surface area contributed by atoms with Crippen LogP contribution in [0.5, 0.6) is 0 Å². The summed E-state index contributed by atoms with van der Waals surface area (Å²) in [5, 5.41) is 14.4. The lowest BCUT2D eigenvalue weighted by atomic mass is 9.92. The first-order valence-electron chi connectivity index (χ1n) is 14.1. The fraction of sp³-hybridized carbons (Fsp3) is 0.567. The zero-order valence-electron chi connectivity index (χ0n) is 24.9. The van der Waals surface area contributed by atoms with Crippen molar-refractivity contribution in [2.75, 3.05) is 7.05 Å². The van der Waals surface area contributed by atoms with Gasteiger partial charge in [-0.05, 0) is 30.7 Å². The zero-order chi connectivity index (χ0) is 30.7. The van der Waals surface area contributed by atoms with Gasteiger partial charge < -0.3 is 20.1 Å². The van der Waals surface area contributed by atoms with E-state index in [1.807, 2.05) is 32.9 Å². The number of aromatic nitrogens is 1. The molecule has 4 atom stereocenters. The van der Waals surface area contributed by atoms with Gasteiger partial charge in [0.1, 0.15) is 18.5 Å². The molecular formula is C30H42BN3O6S. The Labute approximate surface area is 248 Å². The Morgan fingerprint density at radius 2 is 1.78 bits per heavy atom. The summed E-state index contributed by atoms with van der Waals surface area (Å²) in [6.45, 7) is 8.98. The molecule has 0 aliphatic rings. The molecule has 0 bridgehead atoms. The maximum absolute atomic E-state index is 13.2. The van der Waals surface area contributed by atoms with Gasteiger partial charge in [-0.25, -0.2) is 4.98 Å². The van der Waals surface area contributed by atoms with Crippen LogP contribution in [0.25, 0.3) is 0 Å². The summed E-state index contributed by atoms with van der Waals surface area (Å²) in [4.78, 5) is 55.8. The molecule has 1 heterocycles. The third-order valence-electron chi connectivity index (χ3n) is 7.06. The minimum Gasteiger partial charge on any atom is -0.481 e. The maximum Gasteiger partial charge on any atom is 0.306 e. The standard InChI is InChI=1S/C30H42BN3O6S/c1-7-8-9-27(36)34(6)25(18(2)3)16-26(40-20(5)35)29-33-24(17-41-29)28(37)32-23(14-19(4)30(38)39)15-21-10-12-22(31)13-11-21/h10-13,17-19,23,25-26H,7-9,14-16H2,1-6H3,(H,32,37)(H,38,39)/t19-,23+,25?,26?/m0/s1.